The Morgan fingerprint density at radius 1 is 0.724 bits per heavy atom. The third-order valence-electron chi connectivity index (χ3n) is 6.17. The van der Waals surface area contributed by atoms with E-state index in [2.05, 4.69) is 39.9 Å². The lowest BCUT2D eigenvalue weighted by Crippen LogP contribution is -2.55. The molecule has 0 spiro atoms. The molecule has 2 fully saturated rings. The lowest BCUT2D eigenvalue weighted by Gasteiger charge is -2.42. The number of hydrogen-bond donors (Lipinski definition) is 1. The van der Waals surface area contributed by atoms with Crippen molar-refractivity contribution in [1.29, 1.82) is 0 Å². The van der Waals surface area contributed by atoms with Gasteiger partial charge in [-0.1, -0.05) is 64.7 Å². The maximum absolute atomic E-state index is 11.4. The van der Waals surface area contributed by atoms with E-state index in [4.69, 9.17) is 0 Å². The molecule has 170 valence electrons. The monoisotopic (exact) mass is 408 g/mol. The number of carbonyl (C=O) groups excluding carboxylic acids is 2. The molecule has 0 atom stereocenters. The van der Waals surface area contributed by atoms with E-state index < -0.39 is 0 Å². The number of rotatable bonds is 11. The average molecular weight is 409 g/mol. The molecule has 0 radical (unpaired) electrons. The minimum atomic E-state index is 0.0286. The van der Waals surface area contributed by atoms with Crippen LogP contribution in [0.4, 0.5) is 0 Å². The number of nitrogens with one attached hydrogen (secondary N) is 1. The molecule has 1 N–H and O–H groups in total. The van der Waals surface area contributed by atoms with Gasteiger partial charge >= 0.3 is 0 Å². The van der Waals surface area contributed by atoms with Gasteiger partial charge in [0.25, 0.3) is 0 Å². The Morgan fingerprint density at radius 2 is 1.14 bits per heavy atom. The van der Waals surface area contributed by atoms with Gasteiger partial charge in [-0.15, -0.1) is 0 Å². The largest absolute Gasteiger partial charge is 0.307 e. The van der Waals surface area contributed by atoms with E-state index in [-0.39, 0.29) is 11.8 Å². The molecular weight excluding hydrogens is 360 g/mol. The van der Waals surface area contributed by atoms with Gasteiger partial charge in [-0.25, -0.2) is 0 Å². The lowest BCUT2D eigenvalue weighted by molar-refractivity contribution is -0.138. The summed E-state index contributed by atoms with van der Waals surface area (Å²) in [6.07, 6.45) is 17.7. The number of imide groups is 1. The average Bonchev–Trinajstić information content (AvgIpc) is 2.93. The number of likely N-dealkylation sites (tertiary alicyclic amines) is 1. The summed E-state index contributed by atoms with van der Waals surface area (Å²) in [7, 11) is 0. The Bertz CT molecular complexity index is 455. The Kier molecular flexibility index (Phi) is 12.1. The minimum absolute atomic E-state index is 0.0286. The quantitative estimate of drug-likeness (QED) is 0.319. The maximum atomic E-state index is 11.4. The zero-order valence-electron chi connectivity index (χ0n) is 20.1. The van der Waals surface area contributed by atoms with Gasteiger partial charge in [-0.3, -0.25) is 14.5 Å². The molecule has 2 aliphatic rings. The predicted molar refractivity (Wildman–Crippen MR) is 123 cm³/mol. The van der Waals surface area contributed by atoms with Gasteiger partial charge in [0.2, 0.25) is 11.8 Å². The van der Waals surface area contributed by atoms with Crippen molar-refractivity contribution in [3.05, 3.63) is 0 Å². The third-order valence-corrected chi connectivity index (χ3v) is 6.17. The first-order valence-electron chi connectivity index (χ1n) is 12.3. The summed E-state index contributed by atoms with van der Waals surface area (Å²) in [5, 5.41) is 3.63. The second-order valence-corrected chi connectivity index (χ2v) is 10.4. The van der Waals surface area contributed by atoms with E-state index in [1.165, 1.54) is 75.5 Å². The fourth-order valence-electron chi connectivity index (χ4n) is 4.64. The topological polar surface area (TPSA) is 49.4 Å². The fraction of sp³-hybridized carbons (Fsp3) is 0.920. The molecule has 2 saturated heterocycles. The van der Waals surface area contributed by atoms with Crippen LogP contribution in [-0.4, -0.2) is 34.3 Å². The van der Waals surface area contributed by atoms with Gasteiger partial charge in [0.05, 0.1) is 0 Å². The van der Waals surface area contributed by atoms with Crippen LogP contribution in [0.3, 0.4) is 0 Å². The highest BCUT2D eigenvalue weighted by Gasteiger charge is 2.31. The van der Waals surface area contributed by atoms with Gasteiger partial charge in [-0.2, -0.15) is 0 Å². The second kappa shape index (κ2) is 13.4. The van der Waals surface area contributed by atoms with Crippen molar-refractivity contribution in [1.82, 2.24) is 10.2 Å². The number of amides is 2. The van der Waals surface area contributed by atoms with Crippen LogP contribution in [0.15, 0.2) is 0 Å². The zero-order chi connectivity index (χ0) is 21.8. The highest BCUT2D eigenvalue weighted by atomic mass is 16.2. The van der Waals surface area contributed by atoms with E-state index in [0.717, 1.165) is 12.8 Å². The molecular formula is C25H48N2O2. The highest BCUT2D eigenvalue weighted by molar-refractivity contribution is 6.01. The molecule has 2 rings (SSSR count). The highest BCUT2D eigenvalue weighted by Crippen LogP contribution is 2.27. The van der Waals surface area contributed by atoms with Gasteiger partial charge < -0.3 is 5.32 Å². The van der Waals surface area contributed by atoms with Gasteiger partial charge in [0.15, 0.2) is 0 Å². The summed E-state index contributed by atoms with van der Waals surface area (Å²) in [5.74, 6) is 0.0573. The first-order valence-corrected chi connectivity index (χ1v) is 12.3. The van der Waals surface area contributed by atoms with E-state index in [9.17, 15) is 9.59 Å². The maximum Gasteiger partial charge on any atom is 0.229 e. The fourth-order valence-corrected chi connectivity index (χ4v) is 4.64. The van der Waals surface area contributed by atoms with E-state index in [0.29, 0.717) is 30.5 Å². The van der Waals surface area contributed by atoms with Crippen LogP contribution in [0.25, 0.3) is 0 Å². The molecule has 0 aromatic carbocycles. The molecule has 2 aliphatic heterocycles. The number of nitrogens with zero attached hydrogens (tertiary/aromatic N) is 1. The first-order chi connectivity index (χ1) is 13.7. The molecule has 0 aliphatic carbocycles. The molecule has 29 heavy (non-hydrogen) atoms. The summed E-state index contributed by atoms with van der Waals surface area (Å²) < 4.78 is 0. The van der Waals surface area contributed by atoms with Crippen molar-refractivity contribution in [3.8, 4) is 0 Å². The first kappa shape index (κ1) is 26.1. The van der Waals surface area contributed by atoms with Crippen molar-refractivity contribution in [3.63, 3.8) is 0 Å². The zero-order valence-corrected chi connectivity index (χ0v) is 20.1. The number of hydrogen-bond acceptors (Lipinski definition) is 3. The molecule has 0 unspecified atom stereocenters. The summed E-state index contributed by atoms with van der Waals surface area (Å²) >= 11 is 0. The van der Waals surface area contributed by atoms with Crippen LogP contribution in [0, 0.1) is 0 Å². The van der Waals surface area contributed by atoms with Gasteiger partial charge in [0, 0.05) is 30.5 Å². The number of carbonyl (C=O) groups is 2. The molecule has 2 heterocycles. The summed E-state index contributed by atoms with van der Waals surface area (Å²) in [6.45, 7) is 12.0. The minimum Gasteiger partial charge on any atom is -0.307 e. The number of piperidine rings is 1. The smallest absolute Gasteiger partial charge is 0.229 e. The van der Waals surface area contributed by atoms with Crippen LogP contribution in [0.5, 0.6) is 0 Å². The third kappa shape index (κ3) is 11.8. The Labute approximate surface area is 180 Å². The molecule has 0 aromatic rings. The Balaban J connectivity index is 0.000000352. The second-order valence-electron chi connectivity index (χ2n) is 10.4. The molecule has 0 saturated carbocycles. The van der Waals surface area contributed by atoms with E-state index in [1.807, 2.05) is 0 Å². The van der Waals surface area contributed by atoms with Crippen LogP contribution >= 0.6 is 0 Å². The molecule has 4 heteroatoms. The molecule has 2 amide bonds. The molecule has 0 aromatic heterocycles. The van der Waals surface area contributed by atoms with Crippen molar-refractivity contribution in [2.75, 3.05) is 6.54 Å². The number of unbranched alkanes of at least 4 members (excludes halogenated alkanes) is 9. The summed E-state index contributed by atoms with van der Waals surface area (Å²) in [5.41, 5.74) is 0.726. The normalized spacial score (nSPS) is 20.5. The van der Waals surface area contributed by atoms with Gasteiger partial charge in [-0.05, 0) is 53.4 Å². The molecule has 0 bridgehead atoms. The van der Waals surface area contributed by atoms with E-state index >= 15 is 0 Å². The SMILES string of the molecule is CC1(C)CCCC(C)(C)N1.CCCCCCCCCCCCN1C(=O)CCC1=O. The predicted octanol–water partition coefficient (Wildman–Crippen LogP) is 6.37. The van der Waals surface area contributed by atoms with Crippen LogP contribution < -0.4 is 5.32 Å². The summed E-state index contributed by atoms with van der Waals surface area (Å²) in [4.78, 5) is 24.2. The van der Waals surface area contributed by atoms with Crippen molar-refractivity contribution in [2.45, 2.75) is 142 Å². The Hall–Kier alpha value is -0.900. The lowest BCUT2D eigenvalue weighted by atomic mass is 9.83. The summed E-state index contributed by atoms with van der Waals surface area (Å²) in [6, 6.07) is 0. The standard InChI is InChI=1S/C16H29NO2.C9H19N/c1-2-3-4-5-6-7-8-9-10-11-14-17-15(18)12-13-16(17)19;1-8(2)6-5-7-9(3,4)10-8/h2-14H2,1H3;10H,5-7H2,1-4H3. The van der Waals surface area contributed by atoms with E-state index in [1.54, 1.807) is 0 Å². The van der Waals surface area contributed by atoms with Crippen molar-refractivity contribution < 1.29 is 9.59 Å². The molecule has 4 nitrogen and oxygen atoms in total. The van der Waals surface area contributed by atoms with Gasteiger partial charge in [0.1, 0.15) is 0 Å². The van der Waals surface area contributed by atoms with Crippen LogP contribution in [0.2, 0.25) is 0 Å². The van der Waals surface area contributed by atoms with Crippen molar-refractivity contribution in [2.24, 2.45) is 0 Å². The van der Waals surface area contributed by atoms with Crippen LogP contribution in [0.1, 0.15) is 131 Å². The van der Waals surface area contributed by atoms with Crippen LogP contribution in [-0.2, 0) is 9.59 Å². The Morgan fingerprint density at radius 3 is 1.52 bits per heavy atom. The van der Waals surface area contributed by atoms with Crippen molar-refractivity contribution >= 4 is 11.8 Å².